The molecule has 0 radical (unpaired) electrons. The molecule has 1 fully saturated rings. The summed E-state index contributed by atoms with van der Waals surface area (Å²) >= 11 is 12.7. The first kappa shape index (κ1) is 26.9. The van der Waals surface area contributed by atoms with Crippen LogP contribution in [0.5, 0.6) is 0 Å². The van der Waals surface area contributed by atoms with Gasteiger partial charge in [0.25, 0.3) is 0 Å². The normalized spacial score (nSPS) is 20.3. The lowest BCUT2D eigenvalue weighted by Gasteiger charge is -2.34. The zero-order chi connectivity index (χ0) is 26.6. The molecular formula is C29H26Cl2O6. The molecule has 1 saturated heterocycles. The van der Waals surface area contributed by atoms with Gasteiger partial charge >= 0.3 is 11.9 Å². The van der Waals surface area contributed by atoms with Crippen molar-refractivity contribution in [1.29, 1.82) is 0 Å². The zero-order valence-electron chi connectivity index (χ0n) is 20.4. The predicted molar refractivity (Wildman–Crippen MR) is 139 cm³/mol. The highest BCUT2D eigenvalue weighted by Gasteiger charge is 2.71. The first-order valence-electron chi connectivity index (χ1n) is 11.9. The van der Waals surface area contributed by atoms with Gasteiger partial charge < -0.3 is 14.2 Å². The molecule has 3 aromatic rings. The summed E-state index contributed by atoms with van der Waals surface area (Å²) in [4.78, 5) is 42.1. The Morgan fingerprint density at radius 1 is 0.838 bits per heavy atom. The van der Waals surface area contributed by atoms with Crippen LogP contribution in [0.15, 0.2) is 78.9 Å². The summed E-state index contributed by atoms with van der Waals surface area (Å²) < 4.78 is 17.5. The van der Waals surface area contributed by atoms with Crippen LogP contribution in [-0.4, -0.2) is 30.9 Å². The van der Waals surface area contributed by atoms with E-state index < -0.39 is 41.3 Å². The summed E-state index contributed by atoms with van der Waals surface area (Å²) in [5.74, 6) is -3.61. The number of hydrogen-bond acceptors (Lipinski definition) is 6. The number of carbonyl (C=O) groups excluding carboxylic acids is 3. The minimum Gasteiger partial charge on any atom is -0.465 e. The molecule has 37 heavy (non-hydrogen) atoms. The Kier molecular flexibility index (Phi) is 8.32. The Bertz CT molecular complexity index is 1260. The monoisotopic (exact) mass is 540 g/mol. The molecular weight excluding hydrogens is 515 g/mol. The maximum absolute atomic E-state index is 14.2. The van der Waals surface area contributed by atoms with Crippen LogP contribution in [0.2, 0.25) is 10.0 Å². The quantitative estimate of drug-likeness (QED) is 0.186. The molecule has 0 aliphatic carbocycles. The fourth-order valence-electron chi connectivity index (χ4n) is 4.86. The Labute approximate surface area is 225 Å². The highest BCUT2D eigenvalue weighted by atomic mass is 35.5. The molecule has 8 heteroatoms. The van der Waals surface area contributed by atoms with E-state index in [0.717, 1.165) is 0 Å². The van der Waals surface area contributed by atoms with E-state index in [2.05, 4.69) is 0 Å². The van der Waals surface area contributed by atoms with Crippen molar-refractivity contribution >= 4 is 40.9 Å². The van der Waals surface area contributed by atoms with Crippen molar-refractivity contribution in [1.82, 2.24) is 0 Å². The van der Waals surface area contributed by atoms with Gasteiger partial charge in [-0.05, 0) is 31.5 Å². The van der Waals surface area contributed by atoms with Gasteiger partial charge in [-0.2, -0.15) is 0 Å². The van der Waals surface area contributed by atoms with Gasteiger partial charge in [-0.1, -0.05) is 89.9 Å². The Morgan fingerprint density at radius 2 is 1.41 bits per heavy atom. The summed E-state index contributed by atoms with van der Waals surface area (Å²) in [7, 11) is 0. The molecule has 0 unspecified atom stereocenters. The molecule has 3 aromatic carbocycles. The van der Waals surface area contributed by atoms with Crippen LogP contribution in [-0.2, 0) is 23.8 Å². The Morgan fingerprint density at radius 3 is 1.95 bits per heavy atom. The number of hydrogen-bond donors (Lipinski definition) is 0. The number of halogens is 2. The Balaban J connectivity index is 2.05. The van der Waals surface area contributed by atoms with E-state index in [4.69, 9.17) is 37.4 Å². The van der Waals surface area contributed by atoms with Gasteiger partial charge in [0.1, 0.15) is 6.10 Å². The van der Waals surface area contributed by atoms with Crippen LogP contribution in [0.25, 0.3) is 0 Å². The first-order valence-corrected chi connectivity index (χ1v) is 12.7. The molecule has 0 N–H and O–H groups in total. The standard InChI is InChI=1S/C29H26Cl2O6/c1-3-35-27(33)29(28(34)36-4-2)23(24(32)18-11-7-5-8-12-18)25(19-13-9-6-10-14-19)37-26(29)21-16-15-20(30)17-22(21)31/h5-17,23,25-26H,3-4H2,1-2H3/t23-,25+,26-/m1/s1. The van der Waals surface area contributed by atoms with Gasteiger partial charge in [-0.15, -0.1) is 0 Å². The molecule has 0 aromatic heterocycles. The highest BCUT2D eigenvalue weighted by molar-refractivity contribution is 6.35. The van der Waals surface area contributed by atoms with Crippen molar-refractivity contribution in [3.8, 4) is 0 Å². The lowest BCUT2D eigenvalue weighted by atomic mass is 9.66. The average molecular weight is 541 g/mol. The summed E-state index contributed by atoms with van der Waals surface area (Å²) in [5.41, 5.74) is -0.937. The van der Waals surface area contributed by atoms with E-state index in [1.54, 1.807) is 80.6 Å². The van der Waals surface area contributed by atoms with Crippen LogP contribution in [0.4, 0.5) is 0 Å². The number of benzene rings is 3. The zero-order valence-corrected chi connectivity index (χ0v) is 21.9. The van der Waals surface area contributed by atoms with Crippen LogP contribution >= 0.6 is 23.2 Å². The molecule has 1 aliphatic heterocycles. The van der Waals surface area contributed by atoms with Gasteiger partial charge in [0, 0.05) is 21.2 Å². The molecule has 6 nitrogen and oxygen atoms in total. The van der Waals surface area contributed by atoms with Crippen molar-refractivity contribution in [3.05, 3.63) is 106 Å². The second-order valence-corrected chi connectivity index (χ2v) is 9.37. The van der Waals surface area contributed by atoms with Crippen LogP contribution in [0.1, 0.15) is 47.5 Å². The van der Waals surface area contributed by atoms with E-state index in [1.165, 1.54) is 6.07 Å². The number of ether oxygens (including phenoxy) is 3. The summed E-state index contributed by atoms with van der Waals surface area (Å²) in [6.07, 6.45) is -2.28. The van der Waals surface area contributed by atoms with Crippen LogP contribution in [0.3, 0.4) is 0 Å². The second kappa shape index (κ2) is 11.5. The minimum absolute atomic E-state index is 0.0245. The smallest absolute Gasteiger partial charge is 0.327 e. The van der Waals surface area contributed by atoms with E-state index in [9.17, 15) is 14.4 Å². The molecule has 0 bridgehead atoms. The number of rotatable bonds is 8. The fraction of sp³-hybridized carbons (Fsp3) is 0.276. The highest BCUT2D eigenvalue weighted by Crippen LogP contribution is 2.60. The van der Waals surface area contributed by atoms with E-state index >= 15 is 0 Å². The maximum atomic E-state index is 14.2. The van der Waals surface area contributed by atoms with Gasteiger partial charge in [0.2, 0.25) is 5.41 Å². The van der Waals surface area contributed by atoms with Gasteiger partial charge in [0.15, 0.2) is 5.78 Å². The average Bonchev–Trinajstić information content (AvgIpc) is 3.26. The SMILES string of the molecule is CCOC(=O)C1(C(=O)OCC)[C@@H](c2ccc(Cl)cc2Cl)O[C@@H](c2ccccc2)[C@H]1C(=O)c1ccccc1. The third-order valence-electron chi connectivity index (χ3n) is 6.43. The molecule has 0 saturated carbocycles. The second-order valence-electron chi connectivity index (χ2n) is 8.53. The van der Waals surface area contributed by atoms with E-state index in [-0.39, 0.29) is 18.2 Å². The molecule has 0 amide bonds. The largest absolute Gasteiger partial charge is 0.465 e. The lowest BCUT2D eigenvalue weighted by Crippen LogP contribution is -2.51. The van der Waals surface area contributed by atoms with Crippen LogP contribution < -0.4 is 0 Å². The molecule has 0 spiro atoms. The van der Waals surface area contributed by atoms with Crippen molar-refractivity contribution in [3.63, 3.8) is 0 Å². The lowest BCUT2D eigenvalue weighted by molar-refractivity contribution is -0.178. The Hall–Kier alpha value is -3.19. The third kappa shape index (κ3) is 4.89. The topological polar surface area (TPSA) is 78.9 Å². The maximum Gasteiger partial charge on any atom is 0.327 e. The molecule has 3 atom stereocenters. The summed E-state index contributed by atoms with van der Waals surface area (Å²) in [6.45, 7) is 3.20. The number of carbonyl (C=O) groups is 3. The number of ketones is 1. The minimum atomic E-state index is -2.18. The fourth-order valence-corrected chi connectivity index (χ4v) is 5.37. The van der Waals surface area contributed by atoms with Crippen molar-refractivity contribution < 1.29 is 28.6 Å². The number of esters is 2. The van der Waals surface area contributed by atoms with Gasteiger partial charge in [-0.25, -0.2) is 0 Å². The summed E-state index contributed by atoms with van der Waals surface area (Å²) in [6, 6.07) is 22.1. The third-order valence-corrected chi connectivity index (χ3v) is 6.99. The van der Waals surface area contributed by atoms with E-state index in [1.807, 2.05) is 6.07 Å². The van der Waals surface area contributed by atoms with Gasteiger partial charge in [0.05, 0.1) is 25.2 Å². The van der Waals surface area contributed by atoms with Crippen molar-refractivity contribution in [2.24, 2.45) is 11.3 Å². The molecule has 192 valence electrons. The molecule has 1 aliphatic rings. The van der Waals surface area contributed by atoms with E-state index in [0.29, 0.717) is 21.7 Å². The summed E-state index contributed by atoms with van der Waals surface area (Å²) in [5, 5.41) is 0.538. The van der Waals surface area contributed by atoms with Crippen molar-refractivity contribution in [2.45, 2.75) is 26.1 Å². The molecule has 1 heterocycles. The van der Waals surface area contributed by atoms with Crippen molar-refractivity contribution in [2.75, 3.05) is 13.2 Å². The first-order chi connectivity index (χ1) is 17.9. The molecule has 4 rings (SSSR count). The van der Waals surface area contributed by atoms with Gasteiger partial charge in [-0.3, -0.25) is 14.4 Å². The number of Topliss-reactive ketones (excluding diaryl/α,β-unsaturated/α-hetero) is 1. The van der Waals surface area contributed by atoms with Crippen LogP contribution in [0, 0.1) is 11.3 Å². The predicted octanol–water partition coefficient (Wildman–Crippen LogP) is 6.42.